The van der Waals surface area contributed by atoms with Gasteiger partial charge in [0, 0.05) is 19.3 Å². The molecule has 0 radical (unpaired) electrons. The van der Waals surface area contributed by atoms with Crippen LogP contribution in [0.2, 0.25) is 5.02 Å². The normalized spacial score (nSPS) is 15.7. The maximum Gasteiger partial charge on any atom is 0.272 e. The Hall–Kier alpha value is -1.68. The highest BCUT2D eigenvalue weighted by molar-refractivity contribution is 6.31. The summed E-state index contributed by atoms with van der Waals surface area (Å²) in [6.07, 6.45) is 4.94. The van der Waals surface area contributed by atoms with Gasteiger partial charge in [-0.25, -0.2) is 4.98 Å². The number of carbonyl (C=O) groups excluding carboxylic acids is 1. The topological polar surface area (TPSA) is 46.1 Å². The molecule has 1 aliphatic rings. The Kier molecular flexibility index (Phi) is 3.34. The first-order valence-electron chi connectivity index (χ1n) is 6.45. The fourth-order valence-corrected chi connectivity index (χ4v) is 2.51. The molecular weight excluding hydrogens is 262 g/mol. The van der Waals surface area contributed by atoms with Crippen LogP contribution in [0.25, 0.3) is 11.0 Å². The van der Waals surface area contributed by atoms with E-state index in [1.165, 1.54) is 6.42 Å². The van der Waals surface area contributed by atoms with Gasteiger partial charge in [-0.2, -0.15) is 0 Å². The molecule has 0 aliphatic carbocycles. The van der Waals surface area contributed by atoms with E-state index in [1.54, 1.807) is 18.3 Å². The molecule has 98 valence electrons. The molecule has 0 aromatic carbocycles. The maximum atomic E-state index is 12.3. The molecule has 19 heavy (non-hydrogen) atoms. The van der Waals surface area contributed by atoms with E-state index in [0.29, 0.717) is 16.2 Å². The molecule has 0 bridgehead atoms. The summed E-state index contributed by atoms with van der Waals surface area (Å²) in [6, 6.07) is 5.28. The van der Waals surface area contributed by atoms with E-state index in [-0.39, 0.29) is 5.91 Å². The lowest BCUT2D eigenvalue weighted by Crippen LogP contribution is -2.36. The maximum absolute atomic E-state index is 12.3. The largest absolute Gasteiger partial charge is 0.337 e. The summed E-state index contributed by atoms with van der Waals surface area (Å²) in [7, 11) is 0. The Labute approximate surface area is 116 Å². The number of likely N-dealkylation sites (tertiary alicyclic amines) is 1. The standard InChI is InChI=1S/C14H14ClN3O/c15-10-8-13-11(16-9-10)4-5-12(17-13)14(19)18-6-2-1-3-7-18/h4-5,8-9H,1-3,6-7H2. The van der Waals surface area contributed by atoms with Gasteiger partial charge in [-0.1, -0.05) is 11.6 Å². The van der Waals surface area contributed by atoms with Crippen molar-refractivity contribution in [3.63, 3.8) is 0 Å². The van der Waals surface area contributed by atoms with Crippen molar-refractivity contribution in [1.82, 2.24) is 14.9 Å². The van der Waals surface area contributed by atoms with E-state index >= 15 is 0 Å². The highest BCUT2D eigenvalue weighted by Gasteiger charge is 2.19. The average molecular weight is 276 g/mol. The first kappa shape index (κ1) is 12.4. The predicted octanol–water partition coefficient (Wildman–Crippen LogP) is 2.91. The predicted molar refractivity (Wildman–Crippen MR) is 74.3 cm³/mol. The van der Waals surface area contributed by atoms with Gasteiger partial charge in [-0.15, -0.1) is 0 Å². The molecule has 0 saturated carbocycles. The molecule has 0 atom stereocenters. The van der Waals surface area contributed by atoms with Crippen LogP contribution in [0, 0.1) is 0 Å². The van der Waals surface area contributed by atoms with Crippen LogP contribution >= 0.6 is 11.6 Å². The molecule has 2 aromatic heterocycles. The molecule has 1 saturated heterocycles. The molecular formula is C14H14ClN3O. The Balaban J connectivity index is 1.93. The number of amides is 1. The van der Waals surface area contributed by atoms with Gasteiger partial charge in [-0.05, 0) is 37.5 Å². The minimum Gasteiger partial charge on any atom is -0.337 e. The van der Waals surface area contributed by atoms with Gasteiger partial charge in [0.2, 0.25) is 0 Å². The lowest BCUT2D eigenvalue weighted by molar-refractivity contribution is 0.0719. The monoisotopic (exact) mass is 275 g/mol. The van der Waals surface area contributed by atoms with Crippen LogP contribution in [0.1, 0.15) is 29.8 Å². The van der Waals surface area contributed by atoms with Gasteiger partial charge >= 0.3 is 0 Å². The summed E-state index contributed by atoms with van der Waals surface area (Å²) >= 11 is 5.90. The minimum absolute atomic E-state index is 0.00146. The van der Waals surface area contributed by atoms with E-state index < -0.39 is 0 Å². The Morgan fingerprint density at radius 3 is 2.74 bits per heavy atom. The Morgan fingerprint density at radius 1 is 1.16 bits per heavy atom. The van der Waals surface area contributed by atoms with Gasteiger partial charge in [0.25, 0.3) is 5.91 Å². The summed E-state index contributed by atoms with van der Waals surface area (Å²) in [4.78, 5) is 22.8. The highest BCUT2D eigenvalue weighted by atomic mass is 35.5. The van der Waals surface area contributed by atoms with Crippen LogP contribution in [-0.4, -0.2) is 33.9 Å². The zero-order chi connectivity index (χ0) is 13.2. The van der Waals surface area contributed by atoms with Crippen LogP contribution < -0.4 is 0 Å². The number of nitrogens with zero attached hydrogens (tertiary/aromatic N) is 3. The van der Waals surface area contributed by atoms with E-state index in [2.05, 4.69) is 9.97 Å². The molecule has 2 aromatic rings. The first-order valence-corrected chi connectivity index (χ1v) is 6.83. The number of pyridine rings is 2. The van der Waals surface area contributed by atoms with Crippen LogP contribution in [0.3, 0.4) is 0 Å². The van der Waals surface area contributed by atoms with Gasteiger partial charge in [-0.3, -0.25) is 9.78 Å². The molecule has 5 heteroatoms. The van der Waals surface area contributed by atoms with Crippen molar-refractivity contribution < 1.29 is 4.79 Å². The zero-order valence-corrected chi connectivity index (χ0v) is 11.2. The van der Waals surface area contributed by atoms with E-state index in [4.69, 9.17) is 11.6 Å². The van der Waals surface area contributed by atoms with Crippen molar-refractivity contribution in [3.05, 3.63) is 35.1 Å². The molecule has 1 amide bonds. The second kappa shape index (κ2) is 5.13. The molecule has 3 rings (SSSR count). The number of hydrogen-bond acceptors (Lipinski definition) is 3. The van der Waals surface area contributed by atoms with Crippen LogP contribution in [-0.2, 0) is 0 Å². The Morgan fingerprint density at radius 2 is 1.95 bits per heavy atom. The van der Waals surface area contributed by atoms with Crippen LogP contribution in [0.15, 0.2) is 24.4 Å². The lowest BCUT2D eigenvalue weighted by atomic mass is 10.1. The summed E-state index contributed by atoms with van der Waals surface area (Å²) < 4.78 is 0. The third kappa shape index (κ3) is 2.54. The molecule has 1 aliphatic heterocycles. The number of carbonyl (C=O) groups is 1. The number of hydrogen-bond donors (Lipinski definition) is 0. The van der Waals surface area contributed by atoms with E-state index in [9.17, 15) is 4.79 Å². The zero-order valence-electron chi connectivity index (χ0n) is 10.5. The third-order valence-electron chi connectivity index (χ3n) is 3.37. The van der Waals surface area contributed by atoms with Crippen LogP contribution in [0.5, 0.6) is 0 Å². The third-order valence-corrected chi connectivity index (χ3v) is 3.57. The SMILES string of the molecule is O=C(c1ccc2ncc(Cl)cc2n1)N1CCCCC1. The Bertz CT molecular complexity index is 623. The molecule has 0 unspecified atom stereocenters. The van der Waals surface area contributed by atoms with Crippen molar-refractivity contribution in [2.45, 2.75) is 19.3 Å². The van der Waals surface area contributed by atoms with Gasteiger partial charge in [0.05, 0.1) is 16.1 Å². The smallest absolute Gasteiger partial charge is 0.272 e. The van der Waals surface area contributed by atoms with Gasteiger partial charge < -0.3 is 4.90 Å². The van der Waals surface area contributed by atoms with Crippen molar-refractivity contribution in [1.29, 1.82) is 0 Å². The van der Waals surface area contributed by atoms with Crippen LogP contribution in [0.4, 0.5) is 0 Å². The summed E-state index contributed by atoms with van der Waals surface area (Å²) in [6.45, 7) is 1.65. The van der Waals surface area contributed by atoms with Crippen molar-refractivity contribution in [3.8, 4) is 0 Å². The fourth-order valence-electron chi connectivity index (χ4n) is 2.36. The lowest BCUT2D eigenvalue weighted by Gasteiger charge is -2.26. The average Bonchev–Trinajstić information content (AvgIpc) is 2.46. The molecule has 0 spiro atoms. The van der Waals surface area contributed by atoms with Gasteiger partial charge in [0.1, 0.15) is 5.69 Å². The number of aromatic nitrogens is 2. The molecule has 0 N–H and O–H groups in total. The number of rotatable bonds is 1. The number of halogens is 1. The first-order chi connectivity index (χ1) is 9.24. The highest BCUT2D eigenvalue weighted by Crippen LogP contribution is 2.17. The molecule has 4 nitrogen and oxygen atoms in total. The number of fused-ring (bicyclic) bond motifs is 1. The van der Waals surface area contributed by atoms with E-state index in [0.717, 1.165) is 31.4 Å². The minimum atomic E-state index is 0.00146. The van der Waals surface area contributed by atoms with E-state index in [1.807, 2.05) is 11.0 Å². The van der Waals surface area contributed by atoms with Crippen molar-refractivity contribution >= 4 is 28.5 Å². The summed E-state index contributed by atoms with van der Waals surface area (Å²) in [5, 5.41) is 0.530. The second-order valence-electron chi connectivity index (χ2n) is 4.74. The molecule has 1 fully saturated rings. The summed E-state index contributed by atoms with van der Waals surface area (Å²) in [5.74, 6) is 0.00146. The fraction of sp³-hybridized carbons (Fsp3) is 0.357. The summed E-state index contributed by atoms with van der Waals surface area (Å²) in [5.41, 5.74) is 1.88. The number of piperidine rings is 1. The second-order valence-corrected chi connectivity index (χ2v) is 5.18. The van der Waals surface area contributed by atoms with Crippen molar-refractivity contribution in [2.75, 3.05) is 13.1 Å². The quantitative estimate of drug-likeness (QED) is 0.804. The molecule has 3 heterocycles. The van der Waals surface area contributed by atoms with Crippen molar-refractivity contribution in [2.24, 2.45) is 0 Å². The van der Waals surface area contributed by atoms with Gasteiger partial charge in [0.15, 0.2) is 0 Å².